The molecule has 0 spiro atoms. The summed E-state index contributed by atoms with van der Waals surface area (Å²) >= 11 is 0. The first kappa shape index (κ1) is 17.1. The number of anilines is 2. The fraction of sp³-hybridized carbons (Fsp3) is 0.364. The van der Waals surface area contributed by atoms with Crippen LogP contribution >= 0.6 is 0 Å². The van der Waals surface area contributed by atoms with Crippen LogP contribution in [0.3, 0.4) is 0 Å². The van der Waals surface area contributed by atoms with Gasteiger partial charge in [0.05, 0.1) is 16.9 Å². The SMILES string of the molecule is Cc1cc(C2OC=CN2c2cc3cn(C)nc3cc2N2CCCCC2)ccn1. The van der Waals surface area contributed by atoms with Gasteiger partial charge in [0.2, 0.25) is 6.23 Å². The largest absolute Gasteiger partial charge is 0.472 e. The Kier molecular flexibility index (Phi) is 4.19. The van der Waals surface area contributed by atoms with Gasteiger partial charge in [-0.3, -0.25) is 9.67 Å². The van der Waals surface area contributed by atoms with Crippen molar-refractivity contribution < 1.29 is 4.74 Å². The van der Waals surface area contributed by atoms with E-state index in [2.05, 4.69) is 44.3 Å². The maximum Gasteiger partial charge on any atom is 0.202 e. The van der Waals surface area contributed by atoms with Gasteiger partial charge in [-0.25, -0.2) is 0 Å². The van der Waals surface area contributed by atoms with E-state index in [0.717, 1.165) is 40.9 Å². The summed E-state index contributed by atoms with van der Waals surface area (Å²) in [6, 6.07) is 8.60. The van der Waals surface area contributed by atoms with E-state index in [1.165, 1.54) is 24.9 Å². The summed E-state index contributed by atoms with van der Waals surface area (Å²) in [5, 5.41) is 5.78. The molecule has 1 aromatic carbocycles. The van der Waals surface area contributed by atoms with Gasteiger partial charge < -0.3 is 14.5 Å². The lowest BCUT2D eigenvalue weighted by Crippen LogP contribution is -2.31. The second kappa shape index (κ2) is 6.86. The zero-order chi connectivity index (χ0) is 19.1. The van der Waals surface area contributed by atoms with Crippen molar-refractivity contribution in [1.82, 2.24) is 14.8 Å². The first-order valence-electron chi connectivity index (χ1n) is 9.94. The molecule has 0 amide bonds. The van der Waals surface area contributed by atoms with Crippen LogP contribution in [0.25, 0.3) is 10.9 Å². The molecular weight excluding hydrogens is 350 g/mol. The normalized spacial score (nSPS) is 19.4. The number of piperidine rings is 1. The highest BCUT2D eigenvalue weighted by Gasteiger charge is 2.28. The highest BCUT2D eigenvalue weighted by molar-refractivity contribution is 5.91. The third kappa shape index (κ3) is 2.99. The molecule has 2 aliphatic rings. The number of benzene rings is 1. The Morgan fingerprint density at radius 3 is 2.75 bits per heavy atom. The lowest BCUT2D eigenvalue weighted by molar-refractivity contribution is 0.174. The molecule has 0 N–H and O–H groups in total. The van der Waals surface area contributed by atoms with Gasteiger partial charge in [0, 0.05) is 55.4 Å². The standard InChI is InChI=1S/C22H25N5O/c1-16-12-17(6-7-23-16)22-27(10-11-28-22)21-13-18-15-25(2)24-19(18)14-20(21)26-8-4-3-5-9-26/h6-7,10-15,22H,3-5,8-9H2,1-2H3. The monoisotopic (exact) mass is 375 g/mol. The number of hydrogen-bond acceptors (Lipinski definition) is 5. The smallest absolute Gasteiger partial charge is 0.202 e. The Bertz CT molecular complexity index is 1030. The maximum absolute atomic E-state index is 6.00. The Morgan fingerprint density at radius 1 is 1.07 bits per heavy atom. The molecule has 144 valence electrons. The van der Waals surface area contributed by atoms with E-state index in [4.69, 9.17) is 4.74 Å². The zero-order valence-electron chi connectivity index (χ0n) is 16.4. The van der Waals surface area contributed by atoms with E-state index in [1.54, 1.807) is 6.26 Å². The summed E-state index contributed by atoms with van der Waals surface area (Å²) in [4.78, 5) is 9.05. The van der Waals surface area contributed by atoms with Crippen molar-refractivity contribution in [3.05, 3.63) is 60.4 Å². The first-order chi connectivity index (χ1) is 13.7. The predicted molar refractivity (Wildman–Crippen MR) is 111 cm³/mol. The van der Waals surface area contributed by atoms with E-state index in [0.29, 0.717) is 0 Å². The number of fused-ring (bicyclic) bond motifs is 1. The Hall–Kier alpha value is -3.02. The third-order valence-corrected chi connectivity index (χ3v) is 5.58. The number of nitrogens with zero attached hydrogens (tertiary/aromatic N) is 5. The van der Waals surface area contributed by atoms with E-state index >= 15 is 0 Å². The summed E-state index contributed by atoms with van der Waals surface area (Å²) < 4.78 is 7.88. The number of aryl methyl sites for hydroxylation is 2. The fourth-order valence-corrected chi connectivity index (χ4v) is 4.25. The van der Waals surface area contributed by atoms with E-state index in [9.17, 15) is 0 Å². The number of aromatic nitrogens is 3. The molecule has 1 saturated heterocycles. The minimum absolute atomic E-state index is 0.181. The van der Waals surface area contributed by atoms with Crippen LogP contribution in [0.1, 0.15) is 36.7 Å². The molecule has 2 aliphatic heterocycles. The topological polar surface area (TPSA) is 46.4 Å². The third-order valence-electron chi connectivity index (χ3n) is 5.58. The molecule has 1 atom stereocenters. The molecular formula is C22H25N5O. The molecule has 6 heteroatoms. The van der Waals surface area contributed by atoms with Gasteiger partial charge in [-0.15, -0.1) is 0 Å². The van der Waals surface area contributed by atoms with E-state index in [1.807, 2.05) is 37.1 Å². The van der Waals surface area contributed by atoms with Gasteiger partial charge in [-0.05, 0) is 50.5 Å². The highest BCUT2D eigenvalue weighted by Crippen LogP contribution is 2.41. The fourth-order valence-electron chi connectivity index (χ4n) is 4.25. The number of rotatable bonds is 3. The average Bonchev–Trinajstić information content (AvgIpc) is 3.33. The predicted octanol–water partition coefficient (Wildman–Crippen LogP) is 4.27. The van der Waals surface area contributed by atoms with Crippen LogP contribution in [0.4, 0.5) is 11.4 Å². The molecule has 1 fully saturated rings. The number of hydrogen-bond donors (Lipinski definition) is 0. The Balaban J connectivity index is 1.62. The lowest BCUT2D eigenvalue weighted by Gasteiger charge is -2.34. The maximum atomic E-state index is 6.00. The quantitative estimate of drug-likeness (QED) is 0.684. The second-order valence-corrected chi connectivity index (χ2v) is 7.66. The van der Waals surface area contributed by atoms with E-state index in [-0.39, 0.29) is 6.23 Å². The molecule has 4 heterocycles. The summed E-state index contributed by atoms with van der Waals surface area (Å²) in [5.41, 5.74) is 5.53. The molecule has 0 radical (unpaired) electrons. The van der Waals surface area contributed by atoms with Crippen LogP contribution < -0.4 is 9.80 Å². The molecule has 28 heavy (non-hydrogen) atoms. The average molecular weight is 375 g/mol. The van der Waals surface area contributed by atoms with Crippen LogP contribution in [0.2, 0.25) is 0 Å². The van der Waals surface area contributed by atoms with Crippen LogP contribution in [0.5, 0.6) is 0 Å². The number of pyridine rings is 1. The Labute approximate surface area is 165 Å². The van der Waals surface area contributed by atoms with Gasteiger partial charge in [0.25, 0.3) is 0 Å². The lowest BCUT2D eigenvalue weighted by atomic mass is 10.1. The zero-order valence-corrected chi connectivity index (χ0v) is 16.4. The van der Waals surface area contributed by atoms with Crippen LogP contribution in [0.15, 0.2) is 49.1 Å². The van der Waals surface area contributed by atoms with Crippen molar-refractivity contribution in [3.63, 3.8) is 0 Å². The van der Waals surface area contributed by atoms with Crippen LogP contribution in [-0.4, -0.2) is 27.9 Å². The summed E-state index contributed by atoms with van der Waals surface area (Å²) in [5.74, 6) is 0. The van der Waals surface area contributed by atoms with Gasteiger partial charge in [0.15, 0.2) is 0 Å². The van der Waals surface area contributed by atoms with Gasteiger partial charge in [0.1, 0.15) is 6.26 Å². The van der Waals surface area contributed by atoms with Crippen molar-refractivity contribution in [2.45, 2.75) is 32.4 Å². The molecule has 0 aliphatic carbocycles. The first-order valence-corrected chi connectivity index (χ1v) is 9.94. The van der Waals surface area contributed by atoms with Crippen LogP contribution in [-0.2, 0) is 11.8 Å². The molecule has 0 saturated carbocycles. The molecule has 0 bridgehead atoms. The van der Waals surface area contributed by atoms with Crippen LogP contribution in [0, 0.1) is 6.92 Å². The summed E-state index contributed by atoms with van der Waals surface area (Å²) in [7, 11) is 1.97. The van der Waals surface area contributed by atoms with Crippen molar-refractivity contribution >= 4 is 22.3 Å². The Morgan fingerprint density at radius 2 is 1.93 bits per heavy atom. The molecule has 2 aromatic heterocycles. The highest BCUT2D eigenvalue weighted by atomic mass is 16.5. The van der Waals surface area contributed by atoms with Crippen molar-refractivity contribution in [1.29, 1.82) is 0 Å². The minimum Gasteiger partial charge on any atom is -0.472 e. The molecule has 6 nitrogen and oxygen atoms in total. The summed E-state index contributed by atoms with van der Waals surface area (Å²) in [6.45, 7) is 4.18. The second-order valence-electron chi connectivity index (χ2n) is 7.66. The van der Waals surface area contributed by atoms with Gasteiger partial charge in [-0.1, -0.05) is 0 Å². The summed E-state index contributed by atoms with van der Waals surface area (Å²) in [6.07, 6.45) is 11.3. The van der Waals surface area contributed by atoms with Crippen molar-refractivity contribution in [2.75, 3.05) is 22.9 Å². The molecule has 1 unspecified atom stereocenters. The van der Waals surface area contributed by atoms with Gasteiger partial charge in [-0.2, -0.15) is 5.10 Å². The number of ether oxygens (including phenoxy) is 1. The van der Waals surface area contributed by atoms with Crippen molar-refractivity contribution in [3.8, 4) is 0 Å². The molecule has 3 aromatic rings. The minimum atomic E-state index is -0.181. The molecule has 5 rings (SSSR count). The van der Waals surface area contributed by atoms with E-state index < -0.39 is 0 Å². The van der Waals surface area contributed by atoms with Crippen molar-refractivity contribution in [2.24, 2.45) is 7.05 Å². The van der Waals surface area contributed by atoms with Gasteiger partial charge >= 0.3 is 0 Å².